The van der Waals surface area contributed by atoms with E-state index in [1.807, 2.05) is 30.3 Å². The predicted molar refractivity (Wildman–Crippen MR) is 87.3 cm³/mol. The Balaban J connectivity index is 2.11. The van der Waals surface area contributed by atoms with Gasteiger partial charge in [0.1, 0.15) is 29.3 Å². The van der Waals surface area contributed by atoms with Gasteiger partial charge in [0, 0.05) is 13.5 Å². The van der Waals surface area contributed by atoms with Gasteiger partial charge in [-0.3, -0.25) is 0 Å². The number of hydrogen-bond donors (Lipinski definition) is 0. The number of rotatable bonds is 7. The monoisotopic (exact) mass is 372 g/mol. The summed E-state index contributed by atoms with van der Waals surface area (Å²) >= 11 is 9.98. The second-order valence-corrected chi connectivity index (χ2v) is 5.84. The summed E-state index contributed by atoms with van der Waals surface area (Å²) in [5, 5.41) is -0.311. The Bertz CT molecular complexity index is 583. The van der Waals surface area contributed by atoms with E-state index in [0.717, 1.165) is 33.7 Å². The number of benzene rings is 1. The van der Waals surface area contributed by atoms with Crippen molar-refractivity contribution in [3.05, 3.63) is 51.9 Å². The maximum atomic E-state index is 6.48. The second kappa shape index (κ2) is 7.87. The number of aryl methyl sites for hydroxylation is 1. The number of ether oxygens (including phenoxy) is 2. The molecule has 1 unspecified atom stereocenters. The van der Waals surface area contributed by atoms with E-state index >= 15 is 0 Å². The Morgan fingerprint density at radius 2 is 2.05 bits per heavy atom. The van der Waals surface area contributed by atoms with Crippen molar-refractivity contribution < 1.29 is 13.9 Å². The third-order valence-electron chi connectivity index (χ3n) is 3.07. The van der Waals surface area contributed by atoms with Gasteiger partial charge in [0.05, 0.1) is 11.1 Å². The van der Waals surface area contributed by atoms with Crippen molar-refractivity contribution in [1.82, 2.24) is 0 Å². The summed E-state index contributed by atoms with van der Waals surface area (Å²) in [6.45, 7) is 3.11. The summed E-state index contributed by atoms with van der Waals surface area (Å²) in [5.74, 6) is 2.47. The van der Waals surface area contributed by atoms with Crippen LogP contribution in [0.1, 0.15) is 29.4 Å². The van der Waals surface area contributed by atoms with Gasteiger partial charge in [-0.05, 0) is 45.8 Å². The van der Waals surface area contributed by atoms with Gasteiger partial charge >= 0.3 is 0 Å². The Hall–Kier alpha value is -0.970. The topological polar surface area (TPSA) is 31.6 Å². The minimum atomic E-state index is -0.311. The predicted octanol–water partition coefficient (Wildman–Crippen LogP) is 4.96. The Labute approximate surface area is 138 Å². The lowest BCUT2D eigenvalue weighted by molar-refractivity contribution is 0.146. The third-order valence-corrected chi connectivity index (χ3v) is 4.16. The molecule has 21 heavy (non-hydrogen) atoms. The molecule has 1 aromatic carbocycles. The van der Waals surface area contributed by atoms with E-state index in [1.165, 1.54) is 0 Å². The van der Waals surface area contributed by atoms with Gasteiger partial charge in [-0.25, -0.2) is 0 Å². The largest absolute Gasteiger partial charge is 0.490 e. The van der Waals surface area contributed by atoms with E-state index in [-0.39, 0.29) is 5.38 Å². The average molecular weight is 374 g/mol. The smallest absolute Gasteiger partial charge is 0.133 e. The van der Waals surface area contributed by atoms with Gasteiger partial charge in [-0.15, -0.1) is 11.6 Å². The van der Waals surface area contributed by atoms with E-state index in [9.17, 15) is 0 Å². The van der Waals surface area contributed by atoms with Crippen molar-refractivity contribution in [3.8, 4) is 5.75 Å². The lowest BCUT2D eigenvalue weighted by Crippen LogP contribution is -2.04. The molecule has 1 aromatic heterocycles. The second-order valence-electron chi connectivity index (χ2n) is 4.55. The van der Waals surface area contributed by atoms with Crippen LogP contribution in [0.4, 0.5) is 0 Å². The van der Waals surface area contributed by atoms with Crippen molar-refractivity contribution in [2.24, 2.45) is 0 Å². The first-order chi connectivity index (χ1) is 10.2. The van der Waals surface area contributed by atoms with Crippen LogP contribution in [0, 0.1) is 0 Å². The van der Waals surface area contributed by atoms with Crippen LogP contribution in [0.15, 0.2) is 39.2 Å². The molecule has 2 aromatic rings. The quantitative estimate of drug-likeness (QED) is 0.508. The van der Waals surface area contributed by atoms with Crippen LogP contribution in [-0.4, -0.2) is 20.3 Å². The molecular formula is C16H18BrClO3. The zero-order valence-electron chi connectivity index (χ0n) is 12.1. The molecular weight excluding hydrogens is 356 g/mol. The fraction of sp³-hybridized carbons (Fsp3) is 0.375. The molecule has 2 rings (SSSR count). The van der Waals surface area contributed by atoms with Gasteiger partial charge in [0.25, 0.3) is 0 Å². The lowest BCUT2D eigenvalue weighted by atomic mass is 10.1. The molecule has 114 valence electrons. The Morgan fingerprint density at radius 1 is 1.24 bits per heavy atom. The van der Waals surface area contributed by atoms with Crippen molar-refractivity contribution in [3.63, 3.8) is 0 Å². The number of methoxy groups -OCH3 is 1. The van der Waals surface area contributed by atoms with Gasteiger partial charge in [0.15, 0.2) is 0 Å². The van der Waals surface area contributed by atoms with Crippen LogP contribution in [0.2, 0.25) is 0 Å². The number of hydrogen-bond acceptors (Lipinski definition) is 3. The molecule has 0 aliphatic carbocycles. The van der Waals surface area contributed by atoms with Crippen LogP contribution in [0.5, 0.6) is 5.75 Å². The van der Waals surface area contributed by atoms with Crippen molar-refractivity contribution in [2.75, 3.05) is 20.3 Å². The van der Waals surface area contributed by atoms with Crippen LogP contribution in [-0.2, 0) is 11.2 Å². The first-order valence-corrected chi connectivity index (χ1v) is 8.02. The molecule has 0 amide bonds. The summed E-state index contributed by atoms with van der Waals surface area (Å²) in [6, 6.07) is 9.68. The van der Waals surface area contributed by atoms with E-state index in [4.69, 9.17) is 25.5 Å². The lowest BCUT2D eigenvalue weighted by Gasteiger charge is -2.11. The number of halogens is 2. The zero-order valence-corrected chi connectivity index (χ0v) is 14.4. The van der Waals surface area contributed by atoms with E-state index in [2.05, 4.69) is 22.9 Å². The highest BCUT2D eigenvalue weighted by Gasteiger charge is 2.16. The van der Waals surface area contributed by atoms with Gasteiger partial charge in [-0.2, -0.15) is 0 Å². The van der Waals surface area contributed by atoms with Crippen molar-refractivity contribution >= 4 is 27.5 Å². The maximum absolute atomic E-state index is 6.48. The average Bonchev–Trinajstić information content (AvgIpc) is 2.97. The Morgan fingerprint density at radius 3 is 2.67 bits per heavy atom. The summed E-state index contributed by atoms with van der Waals surface area (Å²) in [6.07, 6.45) is 0.861. The molecule has 0 fully saturated rings. The molecule has 0 spiro atoms. The number of furan rings is 1. The zero-order chi connectivity index (χ0) is 15.2. The van der Waals surface area contributed by atoms with E-state index < -0.39 is 0 Å². The summed E-state index contributed by atoms with van der Waals surface area (Å²) in [5.41, 5.74) is 0.958. The van der Waals surface area contributed by atoms with E-state index in [0.29, 0.717) is 13.2 Å². The molecule has 5 heteroatoms. The maximum Gasteiger partial charge on any atom is 0.133 e. The van der Waals surface area contributed by atoms with Crippen molar-refractivity contribution in [1.29, 1.82) is 0 Å². The van der Waals surface area contributed by atoms with Gasteiger partial charge in [0.2, 0.25) is 0 Å². The fourth-order valence-electron chi connectivity index (χ4n) is 1.91. The van der Waals surface area contributed by atoms with E-state index in [1.54, 1.807) is 7.11 Å². The van der Waals surface area contributed by atoms with Crippen LogP contribution >= 0.6 is 27.5 Å². The minimum absolute atomic E-state index is 0.311. The highest BCUT2D eigenvalue weighted by molar-refractivity contribution is 9.10. The fourth-order valence-corrected chi connectivity index (χ4v) is 2.68. The first-order valence-electron chi connectivity index (χ1n) is 6.79. The summed E-state index contributed by atoms with van der Waals surface area (Å²) in [4.78, 5) is 0. The highest BCUT2D eigenvalue weighted by atomic mass is 79.9. The molecule has 0 N–H and O–H groups in total. The van der Waals surface area contributed by atoms with Gasteiger partial charge in [-0.1, -0.05) is 13.0 Å². The summed E-state index contributed by atoms with van der Waals surface area (Å²) < 4.78 is 17.1. The molecule has 3 nitrogen and oxygen atoms in total. The standard InChI is InChI=1S/C16H18BrClO3/c1-3-12-5-7-15(21-12)16(18)11-4-6-14(13(17)10-11)20-9-8-19-2/h4-7,10,16H,3,8-9H2,1-2H3. The first kappa shape index (κ1) is 16.4. The SMILES string of the molecule is CCc1ccc(C(Cl)c2ccc(OCCOC)c(Br)c2)o1. The molecule has 0 saturated carbocycles. The van der Waals surface area contributed by atoms with Gasteiger partial charge < -0.3 is 13.9 Å². The Kier molecular flexibility index (Phi) is 6.15. The molecule has 0 aliphatic rings. The third kappa shape index (κ3) is 4.25. The molecule has 0 aliphatic heterocycles. The highest BCUT2D eigenvalue weighted by Crippen LogP contribution is 2.35. The van der Waals surface area contributed by atoms with Crippen LogP contribution < -0.4 is 4.74 Å². The minimum Gasteiger partial charge on any atom is -0.490 e. The molecule has 0 bridgehead atoms. The molecule has 1 heterocycles. The van der Waals surface area contributed by atoms with Crippen LogP contribution in [0.3, 0.4) is 0 Å². The summed E-state index contributed by atoms with van der Waals surface area (Å²) in [7, 11) is 1.65. The molecule has 0 radical (unpaired) electrons. The molecule has 0 saturated heterocycles. The molecule has 1 atom stereocenters. The number of alkyl halides is 1. The van der Waals surface area contributed by atoms with Crippen LogP contribution in [0.25, 0.3) is 0 Å². The van der Waals surface area contributed by atoms with Crippen molar-refractivity contribution in [2.45, 2.75) is 18.7 Å². The normalized spacial score (nSPS) is 12.4.